The van der Waals surface area contributed by atoms with E-state index in [0.29, 0.717) is 19.6 Å². The number of aromatic nitrogens is 4. The van der Waals surface area contributed by atoms with E-state index in [1.165, 1.54) is 0 Å². The second kappa shape index (κ2) is 7.95. The van der Waals surface area contributed by atoms with Gasteiger partial charge in [-0.05, 0) is 37.6 Å². The first kappa shape index (κ1) is 19.0. The molecule has 150 valence electrons. The van der Waals surface area contributed by atoms with E-state index in [-0.39, 0.29) is 18.1 Å². The Kier molecular flexibility index (Phi) is 5.20. The average molecular weight is 391 g/mol. The van der Waals surface area contributed by atoms with Gasteiger partial charge < -0.3 is 9.88 Å². The summed E-state index contributed by atoms with van der Waals surface area (Å²) >= 11 is 0. The molecule has 0 saturated heterocycles. The van der Waals surface area contributed by atoms with Gasteiger partial charge in [0.15, 0.2) is 0 Å². The van der Waals surface area contributed by atoms with Crippen LogP contribution in [0.3, 0.4) is 0 Å². The van der Waals surface area contributed by atoms with Crippen molar-refractivity contribution in [1.82, 2.24) is 24.0 Å². The Morgan fingerprint density at radius 1 is 0.931 bits per heavy atom. The number of rotatable bonds is 7. The molecule has 0 atom stereocenters. The SMILES string of the molecule is CCCn1c(=O)n(CC(=O)NCCn2c(C)nc3ccccc32)c2ccccc21. The van der Waals surface area contributed by atoms with Crippen LogP contribution in [0.15, 0.2) is 53.3 Å². The zero-order valence-corrected chi connectivity index (χ0v) is 16.8. The van der Waals surface area contributed by atoms with Crippen LogP contribution in [0.2, 0.25) is 0 Å². The van der Waals surface area contributed by atoms with Gasteiger partial charge in [-0.25, -0.2) is 9.78 Å². The highest BCUT2D eigenvalue weighted by Gasteiger charge is 2.15. The first-order valence-electron chi connectivity index (χ1n) is 9.96. The monoisotopic (exact) mass is 391 g/mol. The van der Waals surface area contributed by atoms with Gasteiger partial charge in [-0.2, -0.15) is 0 Å². The van der Waals surface area contributed by atoms with Crippen LogP contribution in [0, 0.1) is 6.92 Å². The maximum absolute atomic E-state index is 12.8. The van der Waals surface area contributed by atoms with Crippen LogP contribution in [-0.2, 0) is 24.4 Å². The number of amides is 1. The predicted octanol–water partition coefficient (Wildman–Crippen LogP) is 2.69. The van der Waals surface area contributed by atoms with Crippen LogP contribution in [0.25, 0.3) is 22.1 Å². The number of carbonyl (C=O) groups excluding carboxylic acids is 1. The van der Waals surface area contributed by atoms with E-state index in [1.807, 2.05) is 62.4 Å². The lowest BCUT2D eigenvalue weighted by Gasteiger charge is -2.09. The first-order valence-corrected chi connectivity index (χ1v) is 9.96. The molecule has 0 radical (unpaired) electrons. The molecule has 0 spiro atoms. The highest BCUT2D eigenvalue weighted by molar-refractivity contribution is 5.81. The fourth-order valence-electron chi connectivity index (χ4n) is 3.85. The van der Waals surface area contributed by atoms with Gasteiger partial charge in [0.1, 0.15) is 12.4 Å². The Balaban J connectivity index is 1.47. The second-order valence-electron chi connectivity index (χ2n) is 7.16. The highest BCUT2D eigenvalue weighted by atomic mass is 16.2. The van der Waals surface area contributed by atoms with Crippen molar-refractivity contribution in [3.63, 3.8) is 0 Å². The molecular weight excluding hydrogens is 366 g/mol. The van der Waals surface area contributed by atoms with E-state index in [1.54, 1.807) is 9.13 Å². The lowest BCUT2D eigenvalue weighted by atomic mass is 10.3. The Labute approximate surface area is 168 Å². The van der Waals surface area contributed by atoms with E-state index in [2.05, 4.69) is 14.9 Å². The van der Waals surface area contributed by atoms with Gasteiger partial charge in [-0.1, -0.05) is 31.2 Å². The van der Waals surface area contributed by atoms with E-state index in [0.717, 1.165) is 34.3 Å². The molecule has 0 aliphatic rings. The van der Waals surface area contributed by atoms with Gasteiger partial charge in [-0.3, -0.25) is 13.9 Å². The topological polar surface area (TPSA) is 73.8 Å². The minimum Gasteiger partial charge on any atom is -0.353 e. The predicted molar refractivity (Wildman–Crippen MR) is 114 cm³/mol. The molecule has 0 saturated carbocycles. The molecule has 0 bridgehead atoms. The summed E-state index contributed by atoms with van der Waals surface area (Å²) in [6.07, 6.45) is 0.859. The van der Waals surface area contributed by atoms with Gasteiger partial charge in [0.25, 0.3) is 0 Å². The van der Waals surface area contributed by atoms with Crippen molar-refractivity contribution >= 4 is 28.0 Å². The summed E-state index contributed by atoms with van der Waals surface area (Å²) in [5.41, 5.74) is 3.52. The Bertz CT molecular complexity index is 1230. The van der Waals surface area contributed by atoms with Crippen LogP contribution in [0.4, 0.5) is 0 Å². The summed E-state index contributed by atoms with van der Waals surface area (Å²) in [4.78, 5) is 29.9. The molecule has 29 heavy (non-hydrogen) atoms. The van der Waals surface area contributed by atoms with Gasteiger partial charge in [-0.15, -0.1) is 0 Å². The number of imidazole rings is 2. The summed E-state index contributed by atoms with van der Waals surface area (Å²) in [6, 6.07) is 15.6. The van der Waals surface area contributed by atoms with Crippen LogP contribution in [-0.4, -0.2) is 31.1 Å². The van der Waals surface area contributed by atoms with Crippen molar-refractivity contribution in [2.75, 3.05) is 6.54 Å². The minimum atomic E-state index is -0.173. The molecule has 2 aromatic heterocycles. The molecule has 0 unspecified atom stereocenters. The lowest BCUT2D eigenvalue weighted by Crippen LogP contribution is -2.34. The molecule has 2 aromatic carbocycles. The number of fused-ring (bicyclic) bond motifs is 2. The molecule has 0 aliphatic heterocycles. The van der Waals surface area contributed by atoms with Crippen molar-refractivity contribution in [2.45, 2.75) is 39.9 Å². The number of aryl methyl sites for hydroxylation is 2. The highest BCUT2D eigenvalue weighted by Crippen LogP contribution is 2.15. The molecule has 1 amide bonds. The third-order valence-corrected chi connectivity index (χ3v) is 5.18. The van der Waals surface area contributed by atoms with E-state index < -0.39 is 0 Å². The number of nitrogens with one attached hydrogen (secondary N) is 1. The zero-order valence-electron chi connectivity index (χ0n) is 16.8. The summed E-state index contributed by atoms with van der Waals surface area (Å²) in [5, 5.41) is 2.94. The van der Waals surface area contributed by atoms with Gasteiger partial charge in [0.05, 0.1) is 22.1 Å². The quantitative estimate of drug-likeness (QED) is 0.526. The standard InChI is InChI=1S/C22H25N5O2/c1-3-13-26-19-10-6-7-11-20(19)27(22(26)29)15-21(28)23-12-14-25-16(2)24-17-8-4-5-9-18(17)25/h4-11H,3,12-15H2,1-2H3,(H,23,28). The third kappa shape index (κ3) is 3.55. The lowest BCUT2D eigenvalue weighted by molar-refractivity contribution is -0.121. The van der Waals surface area contributed by atoms with E-state index in [9.17, 15) is 9.59 Å². The summed E-state index contributed by atoms with van der Waals surface area (Å²) < 4.78 is 5.39. The molecule has 2 heterocycles. The summed E-state index contributed by atoms with van der Waals surface area (Å²) in [5.74, 6) is 0.743. The molecule has 0 aliphatic carbocycles. The Hall–Kier alpha value is -3.35. The molecular formula is C22H25N5O2. The molecule has 4 aromatic rings. The minimum absolute atomic E-state index is 0.0136. The average Bonchev–Trinajstić information content (AvgIpc) is 3.18. The zero-order chi connectivity index (χ0) is 20.4. The number of hydrogen-bond acceptors (Lipinski definition) is 3. The van der Waals surface area contributed by atoms with E-state index in [4.69, 9.17) is 0 Å². The van der Waals surface area contributed by atoms with Crippen LogP contribution < -0.4 is 11.0 Å². The van der Waals surface area contributed by atoms with Gasteiger partial charge in [0.2, 0.25) is 5.91 Å². The Morgan fingerprint density at radius 2 is 1.59 bits per heavy atom. The van der Waals surface area contributed by atoms with Crippen molar-refractivity contribution < 1.29 is 4.79 Å². The number of benzene rings is 2. The first-order chi connectivity index (χ1) is 14.1. The molecule has 1 N–H and O–H groups in total. The van der Waals surface area contributed by atoms with Crippen molar-refractivity contribution in [3.8, 4) is 0 Å². The van der Waals surface area contributed by atoms with Crippen molar-refractivity contribution in [2.24, 2.45) is 0 Å². The molecule has 0 fully saturated rings. The number of carbonyl (C=O) groups is 1. The molecule has 7 heteroatoms. The number of hydrogen-bond donors (Lipinski definition) is 1. The van der Waals surface area contributed by atoms with Crippen molar-refractivity contribution in [3.05, 3.63) is 64.8 Å². The molecule has 7 nitrogen and oxygen atoms in total. The second-order valence-corrected chi connectivity index (χ2v) is 7.16. The van der Waals surface area contributed by atoms with Crippen LogP contribution in [0.5, 0.6) is 0 Å². The largest absolute Gasteiger partial charge is 0.353 e. The third-order valence-electron chi connectivity index (χ3n) is 5.18. The Morgan fingerprint density at radius 3 is 2.31 bits per heavy atom. The normalized spacial score (nSPS) is 11.4. The summed E-state index contributed by atoms with van der Waals surface area (Å²) in [6.45, 7) is 5.75. The van der Waals surface area contributed by atoms with Crippen LogP contribution >= 0.6 is 0 Å². The smallest absolute Gasteiger partial charge is 0.329 e. The number of nitrogens with zero attached hydrogens (tertiary/aromatic N) is 4. The molecule has 4 rings (SSSR count). The van der Waals surface area contributed by atoms with E-state index >= 15 is 0 Å². The number of para-hydroxylation sites is 4. The summed E-state index contributed by atoms with van der Waals surface area (Å²) in [7, 11) is 0. The maximum atomic E-state index is 12.8. The van der Waals surface area contributed by atoms with Gasteiger partial charge in [0, 0.05) is 19.6 Å². The maximum Gasteiger partial charge on any atom is 0.329 e. The van der Waals surface area contributed by atoms with Crippen LogP contribution in [0.1, 0.15) is 19.2 Å². The fraction of sp³-hybridized carbons (Fsp3) is 0.318. The fourth-order valence-corrected chi connectivity index (χ4v) is 3.85. The van der Waals surface area contributed by atoms with Gasteiger partial charge >= 0.3 is 5.69 Å². The van der Waals surface area contributed by atoms with Crippen molar-refractivity contribution in [1.29, 1.82) is 0 Å².